The lowest BCUT2D eigenvalue weighted by molar-refractivity contribution is -0.145. The van der Waals surface area contributed by atoms with Crippen LogP contribution in [0.15, 0.2) is 36.4 Å². The van der Waals surface area contributed by atoms with Crippen LogP contribution in [0.1, 0.15) is 50.7 Å². The molecule has 0 radical (unpaired) electrons. The van der Waals surface area contributed by atoms with E-state index in [9.17, 15) is 24.5 Å². The van der Waals surface area contributed by atoms with Gasteiger partial charge in [0.2, 0.25) is 0 Å². The summed E-state index contributed by atoms with van der Waals surface area (Å²) in [4.78, 5) is 11.5. The molecular formula is C25H31FO6. The van der Waals surface area contributed by atoms with E-state index in [4.69, 9.17) is 9.47 Å². The molecule has 0 saturated heterocycles. The third-order valence-electron chi connectivity index (χ3n) is 5.02. The average Bonchev–Trinajstić information content (AvgIpc) is 2.72. The molecule has 6 nitrogen and oxygen atoms in total. The normalized spacial score (nSPS) is 13.4. The zero-order valence-corrected chi connectivity index (χ0v) is 18.8. The van der Waals surface area contributed by atoms with Gasteiger partial charge in [-0.05, 0) is 47.7 Å². The number of halogens is 1. The Kier molecular flexibility index (Phi) is 9.23. The van der Waals surface area contributed by atoms with Crippen LogP contribution in [0.3, 0.4) is 0 Å². The Bertz CT molecular complexity index is 936. The van der Waals surface area contributed by atoms with Crippen molar-refractivity contribution in [2.45, 2.75) is 51.7 Å². The van der Waals surface area contributed by atoms with Crippen molar-refractivity contribution in [3.8, 4) is 22.6 Å². The molecule has 2 rings (SSSR count). The van der Waals surface area contributed by atoms with Gasteiger partial charge >= 0.3 is 5.97 Å². The Morgan fingerprint density at radius 2 is 1.84 bits per heavy atom. The molecule has 0 fully saturated rings. The second kappa shape index (κ2) is 11.6. The minimum absolute atomic E-state index is 0.0508. The first kappa shape index (κ1) is 25.4. The highest BCUT2D eigenvalue weighted by atomic mass is 19.1. The molecule has 2 aromatic rings. The first-order chi connectivity index (χ1) is 15.2. The largest absolute Gasteiger partial charge is 0.504 e. The molecule has 0 spiro atoms. The molecule has 2 aromatic carbocycles. The molecular weight excluding hydrogens is 415 g/mol. The van der Waals surface area contributed by atoms with Crippen molar-refractivity contribution in [1.82, 2.24) is 0 Å². The number of hydrogen-bond acceptors (Lipinski definition) is 6. The lowest BCUT2D eigenvalue weighted by Crippen LogP contribution is -2.20. The molecule has 3 N–H and O–H groups in total. The lowest BCUT2D eigenvalue weighted by Gasteiger charge is -2.20. The standard InChI is InChI=1S/C25H31FO6/c1-5-32-23(29)13-19(28)12-18(27)10-11-20-21(15(2)3)14-22(31-4)25(30)24(20)16-6-8-17(26)9-7-16/h6-11,14-15,18-19,27-28,30H,5,12-13H2,1-4H3. The molecule has 32 heavy (non-hydrogen) atoms. The summed E-state index contributed by atoms with van der Waals surface area (Å²) in [7, 11) is 1.46. The number of aliphatic hydroxyl groups is 2. The number of phenolic OH excluding ortho intramolecular Hbond substituents is 1. The number of carbonyl (C=O) groups excluding carboxylic acids is 1. The molecule has 0 heterocycles. The maximum atomic E-state index is 13.5. The van der Waals surface area contributed by atoms with Crippen LogP contribution >= 0.6 is 0 Å². The van der Waals surface area contributed by atoms with Crippen LogP contribution in [0.2, 0.25) is 0 Å². The zero-order chi connectivity index (χ0) is 23.8. The maximum Gasteiger partial charge on any atom is 0.308 e. The molecule has 0 amide bonds. The van der Waals surface area contributed by atoms with Crippen LogP contribution in [-0.4, -0.2) is 47.2 Å². The van der Waals surface area contributed by atoms with Gasteiger partial charge in [0.15, 0.2) is 11.5 Å². The van der Waals surface area contributed by atoms with E-state index in [-0.39, 0.29) is 36.9 Å². The first-order valence-electron chi connectivity index (χ1n) is 10.6. The number of methoxy groups -OCH3 is 1. The van der Waals surface area contributed by atoms with Gasteiger partial charge in [-0.2, -0.15) is 0 Å². The van der Waals surface area contributed by atoms with E-state index < -0.39 is 24.0 Å². The van der Waals surface area contributed by atoms with Crippen LogP contribution in [0.4, 0.5) is 4.39 Å². The van der Waals surface area contributed by atoms with Crippen LogP contribution in [0, 0.1) is 5.82 Å². The van der Waals surface area contributed by atoms with Gasteiger partial charge in [-0.25, -0.2) is 4.39 Å². The van der Waals surface area contributed by atoms with Crippen molar-refractivity contribution in [2.75, 3.05) is 13.7 Å². The van der Waals surface area contributed by atoms with Gasteiger partial charge < -0.3 is 24.8 Å². The Balaban J connectivity index is 2.43. The van der Waals surface area contributed by atoms with Gasteiger partial charge in [0, 0.05) is 12.0 Å². The van der Waals surface area contributed by atoms with Crippen molar-refractivity contribution in [1.29, 1.82) is 0 Å². The van der Waals surface area contributed by atoms with Crippen molar-refractivity contribution >= 4 is 12.0 Å². The average molecular weight is 447 g/mol. The SMILES string of the molecule is CCOC(=O)CC(O)CC(O)C=Cc1c(C(C)C)cc(OC)c(O)c1-c1ccc(F)cc1. The summed E-state index contributed by atoms with van der Waals surface area (Å²) >= 11 is 0. The Morgan fingerprint density at radius 1 is 1.19 bits per heavy atom. The van der Waals surface area contributed by atoms with Crippen LogP contribution in [0.5, 0.6) is 11.5 Å². The third-order valence-corrected chi connectivity index (χ3v) is 5.02. The first-order valence-corrected chi connectivity index (χ1v) is 10.6. The van der Waals surface area contributed by atoms with Gasteiger partial charge in [0.25, 0.3) is 0 Å². The summed E-state index contributed by atoms with van der Waals surface area (Å²) < 4.78 is 23.6. The summed E-state index contributed by atoms with van der Waals surface area (Å²) in [5.41, 5.74) is 2.53. The Hall–Kier alpha value is -2.90. The predicted octanol–water partition coefficient (Wildman–Crippen LogP) is 4.41. The highest BCUT2D eigenvalue weighted by Crippen LogP contribution is 2.44. The van der Waals surface area contributed by atoms with Crippen LogP contribution in [-0.2, 0) is 9.53 Å². The van der Waals surface area contributed by atoms with Crippen LogP contribution in [0.25, 0.3) is 17.2 Å². The minimum Gasteiger partial charge on any atom is -0.504 e. The van der Waals surface area contributed by atoms with Gasteiger partial charge in [-0.3, -0.25) is 4.79 Å². The van der Waals surface area contributed by atoms with Crippen molar-refractivity contribution < 1.29 is 34.0 Å². The van der Waals surface area contributed by atoms with Crippen molar-refractivity contribution in [3.05, 3.63) is 53.4 Å². The number of phenols is 1. The van der Waals surface area contributed by atoms with E-state index in [1.54, 1.807) is 31.2 Å². The molecule has 0 aliphatic rings. The Labute approximate surface area is 187 Å². The summed E-state index contributed by atoms with van der Waals surface area (Å²) in [6, 6.07) is 7.46. The number of ether oxygens (including phenoxy) is 2. The summed E-state index contributed by atoms with van der Waals surface area (Å²) in [6.07, 6.45) is 0.799. The van der Waals surface area contributed by atoms with Crippen molar-refractivity contribution in [3.63, 3.8) is 0 Å². The molecule has 2 unspecified atom stereocenters. The fourth-order valence-electron chi connectivity index (χ4n) is 3.46. The monoisotopic (exact) mass is 446 g/mol. The fraction of sp³-hybridized carbons (Fsp3) is 0.400. The molecule has 0 bridgehead atoms. The summed E-state index contributed by atoms with van der Waals surface area (Å²) in [5.74, 6) is -0.689. The minimum atomic E-state index is -1.06. The number of aliphatic hydroxyl groups excluding tert-OH is 2. The van der Waals surface area contributed by atoms with Gasteiger partial charge in [-0.15, -0.1) is 0 Å². The second-order valence-electron chi connectivity index (χ2n) is 7.79. The summed E-state index contributed by atoms with van der Waals surface area (Å²) in [5, 5.41) is 31.3. The van der Waals surface area contributed by atoms with Gasteiger partial charge in [0.05, 0.1) is 32.3 Å². The van der Waals surface area contributed by atoms with Crippen LogP contribution < -0.4 is 4.74 Å². The number of aromatic hydroxyl groups is 1. The number of benzene rings is 2. The molecule has 0 aromatic heterocycles. The highest BCUT2D eigenvalue weighted by Gasteiger charge is 2.21. The quantitative estimate of drug-likeness (QED) is 0.468. The maximum absolute atomic E-state index is 13.5. The topological polar surface area (TPSA) is 96.2 Å². The van der Waals surface area contributed by atoms with E-state index in [1.165, 1.54) is 25.3 Å². The summed E-state index contributed by atoms with van der Waals surface area (Å²) in [6.45, 7) is 5.87. The second-order valence-corrected chi connectivity index (χ2v) is 7.79. The Morgan fingerprint density at radius 3 is 2.41 bits per heavy atom. The van der Waals surface area contributed by atoms with E-state index in [1.807, 2.05) is 13.8 Å². The predicted molar refractivity (Wildman–Crippen MR) is 121 cm³/mol. The van der Waals surface area contributed by atoms with E-state index in [0.29, 0.717) is 16.7 Å². The number of esters is 1. The van der Waals surface area contributed by atoms with Crippen molar-refractivity contribution in [2.24, 2.45) is 0 Å². The molecule has 7 heteroatoms. The lowest BCUT2D eigenvalue weighted by atomic mass is 9.88. The smallest absolute Gasteiger partial charge is 0.308 e. The van der Waals surface area contributed by atoms with Gasteiger partial charge in [-0.1, -0.05) is 38.1 Å². The van der Waals surface area contributed by atoms with E-state index >= 15 is 0 Å². The number of hydrogen-bond donors (Lipinski definition) is 3. The molecule has 174 valence electrons. The molecule has 0 saturated carbocycles. The van der Waals surface area contributed by atoms with Gasteiger partial charge in [0.1, 0.15) is 5.82 Å². The molecule has 2 atom stereocenters. The third kappa shape index (κ3) is 6.55. The molecule has 0 aliphatic carbocycles. The highest BCUT2D eigenvalue weighted by molar-refractivity contribution is 5.84. The molecule has 0 aliphatic heterocycles. The number of rotatable bonds is 10. The zero-order valence-electron chi connectivity index (χ0n) is 18.8. The van der Waals surface area contributed by atoms with E-state index in [0.717, 1.165) is 5.56 Å². The number of carbonyl (C=O) groups is 1. The van der Waals surface area contributed by atoms with E-state index in [2.05, 4.69) is 0 Å². The fourth-order valence-corrected chi connectivity index (χ4v) is 3.46.